The summed E-state index contributed by atoms with van der Waals surface area (Å²) in [5, 5.41) is 0. The molecule has 0 spiro atoms. The number of carbonyl (C=O) groups is 1. The maximum atomic E-state index is 14.4. The van der Waals surface area contributed by atoms with E-state index in [0.29, 0.717) is 11.1 Å². The number of hydrogen-bond donors (Lipinski definition) is 1. The molecule has 124 valence electrons. The molecule has 0 saturated heterocycles. The van der Waals surface area contributed by atoms with Crippen molar-refractivity contribution in [3.05, 3.63) is 53.1 Å². The van der Waals surface area contributed by atoms with Crippen LogP contribution in [0.25, 0.3) is 11.1 Å². The summed E-state index contributed by atoms with van der Waals surface area (Å²) < 4.78 is 28.0. The minimum absolute atomic E-state index is 0.0571. The van der Waals surface area contributed by atoms with Crippen molar-refractivity contribution in [3.8, 4) is 22.6 Å². The molecule has 0 unspecified atom stereocenters. The topological polar surface area (TPSA) is 43.1 Å². The molecular weight excluding hydrogens is 324 g/mol. The van der Waals surface area contributed by atoms with Gasteiger partial charge in [-0.3, -0.25) is 4.79 Å². The van der Waals surface area contributed by atoms with E-state index in [-0.39, 0.29) is 22.6 Å². The summed E-state index contributed by atoms with van der Waals surface area (Å²) in [4.78, 5) is 11.9. The molecule has 0 aromatic heterocycles. The van der Waals surface area contributed by atoms with Gasteiger partial charge < -0.3 is 5.73 Å². The van der Waals surface area contributed by atoms with E-state index in [2.05, 4.69) is 11.5 Å². The number of nitrogen functional groups attached to an aromatic ring is 1. The first kappa shape index (κ1) is 17.9. The molecule has 0 amide bonds. The lowest BCUT2D eigenvalue weighted by molar-refractivity contribution is 0.101. The number of Topliss-reactive ketones (excluding diaryl/α,β-unsaturated/α-hetero) is 1. The van der Waals surface area contributed by atoms with Crippen LogP contribution in [0.5, 0.6) is 0 Å². The average molecular weight is 343 g/mol. The molecule has 0 aliphatic heterocycles. The molecule has 0 fully saturated rings. The molecule has 0 atom stereocenters. The molecule has 0 aliphatic carbocycles. The van der Waals surface area contributed by atoms with Crippen LogP contribution < -0.4 is 5.73 Å². The smallest absolute Gasteiger partial charge is 0.160 e. The van der Waals surface area contributed by atoms with Gasteiger partial charge >= 0.3 is 0 Å². The molecule has 0 saturated carbocycles. The largest absolute Gasteiger partial charge is 0.397 e. The number of ketones is 1. The lowest BCUT2D eigenvalue weighted by atomic mass is 9.92. The second kappa shape index (κ2) is 6.58. The fourth-order valence-corrected chi connectivity index (χ4v) is 2.78. The number of hydrogen-bond acceptors (Lipinski definition) is 2. The SMILES string of the molecule is CC(=O)c1cc(F)c(C#C[Si](C)(C)C)c(N)c1-c1cccc(F)c1. The van der Waals surface area contributed by atoms with Gasteiger partial charge in [-0.2, -0.15) is 0 Å². The number of anilines is 1. The maximum Gasteiger partial charge on any atom is 0.160 e. The van der Waals surface area contributed by atoms with E-state index in [1.807, 2.05) is 19.6 Å². The van der Waals surface area contributed by atoms with Crippen molar-refractivity contribution in [2.24, 2.45) is 0 Å². The van der Waals surface area contributed by atoms with Crippen LogP contribution in [-0.2, 0) is 0 Å². The Balaban J connectivity index is 2.80. The molecule has 2 rings (SSSR count). The van der Waals surface area contributed by atoms with Crippen molar-refractivity contribution in [1.82, 2.24) is 0 Å². The molecule has 0 radical (unpaired) electrons. The van der Waals surface area contributed by atoms with Crippen LogP contribution in [0.4, 0.5) is 14.5 Å². The molecule has 0 bridgehead atoms. The molecular formula is C19H19F2NOSi. The lowest BCUT2D eigenvalue weighted by Gasteiger charge is -2.14. The predicted molar refractivity (Wildman–Crippen MR) is 96.4 cm³/mol. The standard InChI is InChI=1S/C19H19F2NOSi/c1-12(23)16-11-17(21)15(8-9-24(2,3)4)19(22)18(16)13-6-5-7-14(20)10-13/h5-7,10-11H,22H2,1-4H3. The quantitative estimate of drug-likeness (QED) is 0.373. The van der Waals surface area contributed by atoms with Crippen LogP contribution >= 0.6 is 0 Å². The third-order valence-electron chi connectivity index (χ3n) is 3.37. The van der Waals surface area contributed by atoms with Crippen LogP contribution in [0.3, 0.4) is 0 Å². The van der Waals surface area contributed by atoms with Crippen molar-refractivity contribution in [2.45, 2.75) is 26.6 Å². The molecule has 2 nitrogen and oxygen atoms in total. The fraction of sp³-hybridized carbons (Fsp3) is 0.211. The third-order valence-corrected chi connectivity index (χ3v) is 4.25. The first-order valence-electron chi connectivity index (χ1n) is 7.52. The van der Waals surface area contributed by atoms with Crippen LogP contribution in [0, 0.1) is 23.1 Å². The van der Waals surface area contributed by atoms with Gasteiger partial charge in [0.15, 0.2) is 5.78 Å². The Labute approximate surface area is 141 Å². The molecule has 5 heteroatoms. The van der Waals surface area contributed by atoms with E-state index >= 15 is 0 Å². The molecule has 2 aromatic rings. The van der Waals surface area contributed by atoms with Crippen molar-refractivity contribution >= 4 is 19.5 Å². The minimum Gasteiger partial charge on any atom is -0.397 e. The Morgan fingerprint density at radius 2 is 1.83 bits per heavy atom. The fourth-order valence-electron chi connectivity index (χ4n) is 2.28. The van der Waals surface area contributed by atoms with Gasteiger partial charge in [-0.25, -0.2) is 8.78 Å². The van der Waals surface area contributed by atoms with E-state index in [0.717, 1.165) is 6.07 Å². The zero-order chi connectivity index (χ0) is 18.1. The second-order valence-corrected chi connectivity index (χ2v) is 11.4. The zero-order valence-electron chi connectivity index (χ0n) is 14.1. The highest BCUT2D eigenvalue weighted by Gasteiger charge is 2.20. The average Bonchev–Trinajstić information content (AvgIpc) is 2.45. The van der Waals surface area contributed by atoms with Crippen molar-refractivity contribution < 1.29 is 13.6 Å². The van der Waals surface area contributed by atoms with Gasteiger partial charge in [-0.1, -0.05) is 37.7 Å². The summed E-state index contributed by atoms with van der Waals surface area (Å²) in [6.07, 6.45) is 0. The highest BCUT2D eigenvalue weighted by Crippen LogP contribution is 2.34. The van der Waals surface area contributed by atoms with Crippen molar-refractivity contribution in [3.63, 3.8) is 0 Å². The molecule has 0 aliphatic rings. The Morgan fingerprint density at radius 3 is 2.38 bits per heavy atom. The molecule has 24 heavy (non-hydrogen) atoms. The summed E-state index contributed by atoms with van der Waals surface area (Å²) in [6, 6.07) is 6.85. The highest BCUT2D eigenvalue weighted by molar-refractivity contribution is 6.83. The Bertz CT molecular complexity index is 873. The Morgan fingerprint density at radius 1 is 1.17 bits per heavy atom. The number of rotatable bonds is 2. The summed E-state index contributed by atoms with van der Waals surface area (Å²) in [6.45, 7) is 7.42. The van der Waals surface area contributed by atoms with Crippen LogP contribution in [0.1, 0.15) is 22.8 Å². The number of carbonyl (C=O) groups excluding carboxylic acids is 1. The summed E-state index contributed by atoms with van der Waals surface area (Å²) in [5.41, 5.74) is 10.2. The van der Waals surface area contributed by atoms with Gasteiger partial charge in [-0.05, 0) is 30.7 Å². The highest BCUT2D eigenvalue weighted by atomic mass is 28.3. The van der Waals surface area contributed by atoms with Gasteiger partial charge in [0.2, 0.25) is 0 Å². The number of halogens is 2. The number of benzene rings is 2. The van der Waals surface area contributed by atoms with E-state index in [4.69, 9.17) is 5.73 Å². The van der Waals surface area contributed by atoms with Crippen LogP contribution in [0.2, 0.25) is 19.6 Å². The van der Waals surface area contributed by atoms with Gasteiger partial charge in [0.1, 0.15) is 19.7 Å². The van der Waals surface area contributed by atoms with Crippen LogP contribution in [0.15, 0.2) is 30.3 Å². The van der Waals surface area contributed by atoms with Gasteiger partial charge in [0.25, 0.3) is 0 Å². The van der Waals surface area contributed by atoms with Crippen LogP contribution in [-0.4, -0.2) is 13.9 Å². The zero-order valence-corrected chi connectivity index (χ0v) is 15.1. The predicted octanol–water partition coefficient (Wildman–Crippen LogP) is 4.65. The van der Waals surface area contributed by atoms with E-state index in [1.54, 1.807) is 6.07 Å². The normalized spacial score (nSPS) is 10.9. The number of nitrogens with two attached hydrogens (primary N) is 1. The summed E-state index contributed by atoms with van der Waals surface area (Å²) in [7, 11) is -1.74. The lowest BCUT2D eigenvalue weighted by Crippen LogP contribution is -2.16. The Hall–Kier alpha value is -2.45. The Kier molecular flexibility index (Phi) is 4.90. The second-order valence-electron chi connectivity index (χ2n) is 6.64. The summed E-state index contributed by atoms with van der Waals surface area (Å²) >= 11 is 0. The molecule has 0 heterocycles. The van der Waals surface area contributed by atoms with E-state index < -0.39 is 19.7 Å². The monoisotopic (exact) mass is 343 g/mol. The first-order chi connectivity index (χ1) is 11.1. The van der Waals surface area contributed by atoms with Crippen molar-refractivity contribution in [2.75, 3.05) is 5.73 Å². The third kappa shape index (κ3) is 3.90. The van der Waals surface area contributed by atoms with Gasteiger partial charge in [-0.15, -0.1) is 5.54 Å². The maximum absolute atomic E-state index is 14.4. The summed E-state index contributed by atoms with van der Waals surface area (Å²) in [5.74, 6) is 1.38. The van der Waals surface area contributed by atoms with Gasteiger partial charge in [0, 0.05) is 11.1 Å². The first-order valence-corrected chi connectivity index (χ1v) is 11.0. The van der Waals surface area contributed by atoms with Gasteiger partial charge in [0.05, 0.1) is 11.3 Å². The van der Waals surface area contributed by atoms with E-state index in [9.17, 15) is 13.6 Å². The molecule has 2 aromatic carbocycles. The van der Waals surface area contributed by atoms with Crippen molar-refractivity contribution in [1.29, 1.82) is 0 Å². The minimum atomic E-state index is -1.74. The molecule has 2 N–H and O–H groups in total. The van der Waals surface area contributed by atoms with E-state index in [1.165, 1.54) is 25.1 Å².